The van der Waals surface area contributed by atoms with E-state index in [0.29, 0.717) is 34.0 Å². The van der Waals surface area contributed by atoms with E-state index in [0.717, 1.165) is 29.2 Å². The van der Waals surface area contributed by atoms with E-state index in [1.165, 1.54) is 28.5 Å². The first-order valence-corrected chi connectivity index (χ1v) is 13.0. The Bertz CT molecular complexity index is 1280. The molecule has 0 fully saturated rings. The first-order valence-electron chi connectivity index (χ1n) is 10.5. The van der Waals surface area contributed by atoms with Gasteiger partial charge in [0.25, 0.3) is 0 Å². The predicted octanol–water partition coefficient (Wildman–Crippen LogP) is 7.27. The normalized spacial score (nSPS) is 12.6. The number of thiazole rings is 1. The molecule has 0 aliphatic carbocycles. The maximum Gasteiger partial charge on any atom is 0.416 e. The summed E-state index contributed by atoms with van der Waals surface area (Å²) in [6.45, 7) is 1.46. The van der Waals surface area contributed by atoms with Gasteiger partial charge in [0.15, 0.2) is 15.3 Å². The molecule has 0 radical (unpaired) electrons. The lowest BCUT2D eigenvalue weighted by Gasteiger charge is -2.13. The molecular weight excluding hydrogens is 544 g/mol. The summed E-state index contributed by atoms with van der Waals surface area (Å²) in [4.78, 5) is 7.29. The van der Waals surface area contributed by atoms with Crippen LogP contribution in [0.4, 0.5) is 26.3 Å². The molecule has 14 heteroatoms. The lowest BCUT2D eigenvalue weighted by molar-refractivity contribution is -0.143. The molecule has 0 N–H and O–H groups in total. The van der Waals surface area contributed by atoms with E-state index in [1.54, 1.807) is 0 Å². The number of alkyl halides is 6. The fraction of sp³-hybridized carbons (Fsp3) is 0.318. The zero-order valence-electron chi connectivity index (χ0n) is 18.9. The van der Waals surface area contributed by atoms with Gasteiger partial charge in [0.2, 0.25) is 0 Å². The number of rotatable bonds is 8. The van der Waals surface area contributed by atoms with Crippen molar-refractivity contribution in [3.63, 3.8) is 0 Å². The van der Waals surface area contributed by atoms with Crippen molar-refractivity contribution in [1.29, 1.82) is 0 Å². The van der Waals surface area contributed by atoms with Crippen molar-refractivity contribution < 1.29 is 26.3 Å². The summed E-state index contributed by atoms with van der Waals surface area (Å²) in [5, 5.41) is 12.5. The number of nitrogens with zero attached hydrogens (tertiary/aromatic N) is 5. The van der Waals surface area contributed by atoms with Crippen LogP contribution < -0.4 is 0 Å². The van der Waals surface area contributed by atoms with Crippen molar-refractivity contribution in [2.24, 2.45) is 0 Å². The molecule has 0 spiro atoms. The van der Waals surface area contributed by atoms with E-state index < -0.39 is 23.5 Å². The third kappa shape index (κ3) is 6.28. The van der Waals surface area contributed by atoms with Gasteiger partial charge in [-0.2, -0.15) is 26.3 Å². The van der Waals surface area contributed by atoms with Crippen LogP contribution in [0.25, 0.3) is 22.0 Å². The number of hydrogen-bond acceptors (Lipinski definition) is 7. The van der Waals surface area contributed by atoms with Crippen LogP contribution in [0.2, 0.25) is 0 Å². The Balaban J connectivity index is 1.64. The van der Waals surface area contributed by atoms with Crippen LogP contribution in [0, 0.1) is 0 Å². The van der Waals surface area contributed by atoms with Crippen molar-refractivity contribution in [1.82, 2.24) is 24.6 Å². The van der Waals surface area contributed by atoms with Gasteiger partial charge in [-0.15, -0.1) is 32.9 Å². The van der Waals surface area contributed by atoms with Gasteiger partial charge in [0, 0.05) is 17.5 Å². The predicted molar refractivity (Wildman–Crippen MR) is 128 cm³/mol. The SMILES string of the molecule is CN(C)CCCn1c(Sc2nc(-c3cc(C(F)(F)F)cc(C(F)(F)F)c3)cs2)nnc1-c1cccs1. The van der Waals surface area contributed by atoms with Gasteiger partial charge in [0.05, 0.1) is 21.7 Å². The second kappa shape index (κ2) is 10.5. The molecule has 36 heavy (non-hydrogen) atoms. The standard InChI is InChI=1S/C22H19F6N5S3/c1-32(2)6-4-7-33-18(17-5-3-8-34-17)30-31-19(33)36-20-29-16(12-35-20)13-9-14(21(23,24)25)11-15(10-13)22(26,27)28/h3,5,8-12H,4,6-7H2,1-2H3. The second-order valence-corrected chi connectivity index (χ2v) is 11.0. The second-order valence-electron chi connectivity index (χ2n) is 7.99. The van der Waals surface area contributed by atoms with Crippen LogP contribution in [0.1, 0.15) is 17.5 Å². The number of thiophene rings is 1. The highest BCUT2D eigenvalue weighted by molar-refractivity contribution is 8.00. The molecule has 5 nitrogen and oxygen atoms in total. The third-order valence-corrected chi connectivity index (χ3v) is 7.78. The van der Waals surface area contributed by atoms with Crippen molar-refractivity contribution in [3.05, 3.63) is 52.2 Å². The van der Waals surface area contributed by atoms with E-state index in [9.17, 15) is 26.3 Å². The first-order chi connectivity index (χ1) is 16.9. The molecule has 0 atom stereocenters. The molecule has 3 aromatic heterocycles. The summed E-state index contributed by atoms with van der Waals surface area (Å²) in [6.07, 6.45) is -9.03. The Hall–Kier alpha value is -2.42. The fourth-order valence-electron chi connectivity index (χ4n) is 3.32. The van der Waals surface area contributed by atoms with Crippen molar-refractivity contribution in [2.45, 2.75) is 34.8 Å². The zero-order chi connectivity index (χ0) is 26.1. The van der Waals surface area contributed by atoms with E-state index >= 15 is 0 Å². The minimum atomic E-state index is -4.93. The van der Waals surface area contributed by atoms with Gasteiger partial charge >= 0.3 is 12.4 Å². The summed E-state index contributed by atoms with van der Waals surface area (Å²) in [5.41, 5.74) is -2.99. The molecule has 0 saturated carbocycles. The summed E-state index contributed by atoms with van der Waals surface area (Å²) in [5.74, 6) is 0.690. The van der Waals surface area contributed by atoms with E-state index in [-0.39, 0.29) is 17.3 Å². The molecule has 0 amide bonds. The highest BCUT2D eigenvalue weighted by Crippen LogP contribution is 2.40. The van der Waals surface area contributed by atoms with Gasteiger partial charge in [-0.05, 0) is 68.5 Å². The summed E-state index contributed by atoms with van der Waals surface area (Å²) < 4.78 is 81.9. The van der Waals surface area contributed by atoms with Crippen molar-refractivity contribution >= 4 is 34.4 Å². The molecule has 0 bridgehead atoms. The molecule has 0 aliphatic rings. The molecule has 3 heterocycles. The highest BCUT2D eigenvalue weighted by atomic mass is 32.2. The average molecular weight is 564 g/mol. The van der Waals surface area contributed by atoms with Crippen LogP contribution >= 0.6 is 34.4 Å². The van der Waals surface area contributed by atoms with Crippen LogP contribution in [-0.4, -0.2) is 45.3 Å². The van der Waals surface area contributed by atoms with Crippen molar-refractivity contribution in [3.8, 4) is 22.0 Å². The average Bonchev–Trinajstić information content (AvgIpc) is 3.54. The Morgan fingerprint density at radius 1 is 0.972 bits per heavy atom. The zero-order valence-corrected chi connectivity index (χ0v) is 21.3. The summed E-state index contributed by atoms with van der Waals surface area (Å²) in [7, 11) is 3.94. The van der Waals surface area contributed by atoms with Gasteiger partial charge in [-0.1, -0.05) is 6.07 Å². The Kier molecular flexibility index (Phi) is 7.78. The number of hydrogen-bond donors (Lipinski definition) is 0. The lowest BCUT2D eigenvalue weighted by Crippen LogP contribution is -2.15. The minimum absolute atomic E-state index is 0.0243. The molecule has 0 saturated heterocycles. The molecule has 4 rings (SSSR count). The summed E-state index contributed by atoms with van der Waals surface area (Å²) in [6, 6.07) is 5.30. The lowest BCUT2D eigenvalue weighted by atomic mass is 10.0. The maximum atomic E-state index is 13.3. The molecule has 0 aliphatic heterocycles. The van der Waals surface area contributed by atoms with Crippen LogP contribution in [-0.2, 0) is 18.9 Å². The van der Waals surface area contributed by atoms with Crippen LogP contribution in [0.15, 0.2) is 50.6 Å². The van der Waals surface area contributed by atoms with Crippen LogP contribution in [0.5, 0.6) is 0 Å². The number of halogens is 6. The van der Waals surface area contributed by atoms with Gasteiger partial charge in [-0.3, -0.25) is 0 Å². The quantitative estimate of drug-likeness (QED) is 0.211. The van der Waals surface area contributed by atoms with E-state index in [4.69, 9.17) is 0 Å². The first kappa shape index (κ1) is 26.6. The topological polar surface area (TPSA) is 46.8 Å². The number of aromatic nitrogens is 4. The molecule has 192 valence electrons. The van der Waals surface area contributed by atoms with E-state index in [2.05, 4.69) is 20.1 Å². The number of benzene rings is 1. The molecule has 0 unspecified atom stereocenters. The van der Waals surface area contributed by atoms with Gasteiger partial charge in [0.1, 0.15) is 0 Å². The molecule has 1 aromatic carbocycles. The van der Waals surface area contributed by atoms with Gasteiger partial charge < -0.3 is 9.47 Å². The summed E-state index contributed by atoms with van der Waals surface area (Å²) >= 11 is 3.80. The van der Waals surface area contributed by atoms with Crippen molar-refractivity contribution in [2.75, 3.05) is 20.6 Å². The maximum absolute atomic E-state index is 13.3. The molecular formula is C22H19F6N5S3. The van der Waals surface area contributed by atoms with Gasteiger partial charge in [-0.25, -0.2) is 4.98 Å². The van der Waals surface area contributed by atoms with E-state index in [1.807, 2.05) is 36.2 Å². The fourth-order valence-corrected chi connectivity index (χ4v) is 5.82. The highest BCUT2D eigenvalue weighted by Gasteiger charge is 2.37. The third-order valence-electron chi connectivity index (χ3n) is 4.99. The Labute approximate surface area is 214 Å². The largest absolute Gasteiger partial charge is 0.416 e. The van der Waals surface area contributed by atoms with Crippen LogP contribution in [0.3, 0.4) is 0 Å². The minimum Gasteiger partial charge on any atom is -0.309 e. The molecule has 4 aromatic rings. The smallest absolute Gasteiger partial charge is 0.309 e. The Morgan fingerprint density at radius 3 is 2.25 bits per heavy atom. The monoisotopic (exact) mass is 563 g/mol. The Morgan fingerprint density at radius 2 is 1.67 bits per heavy atom.